The second kappa shape index (κ2) is 9.80. The van der Waals surface area contributed by atoms with Gasteiger partial charge in [0.1, 0.15) is 5.00 Å². The molecule has 0 aliphatic heterocycles. The van der Waals surface area contributed by atoms with Crippen molar-refractivity contribution in [1.82, 2.24) is 5.32 Å². The van der Waals surface area contributed by atoms with Gasteiger partial charge in [0.2, 0.25) is 5.91 Å². The Morgan fingerprint density at radius 1 is 1.31 bits per heavy atom. The number of thiocarbonyl (C=S) groups is 1. The molecule has 0 spiro atoms. The van der Waals surface area contributed by atoms with Crippen LogP contribution in [-0.2, 0) is 22.4 Å². The third-order valence-electron chi connectivity index (χ3n) is 4.68. The van der Waals surface area contributed by atoms with Gasteiger partial charge in [0, 0.05) is 11.0 Å². The Hall–Kier alpha value is -2.51. The number of thiophene rings is 1. The van der Waals surface area contributed by atoms with Crippen LogP contribution < -0.4 is 10.6 Å². The normalized spacial score (nSPS) is 15.6. The van der Waals surface area contributed by atoms with E-state index < -0.39 is 0 Å². The molecule has 0 saturated carbocycles. The lowest BCUT2D eigenvalue weighted by Gasteiger charge is -2.18. The number of carbonyl (C=O) groups is 2. The Kier molecular flexibility index (Phi) is 7.17. The number of rotatable bonds is 5. The number of benzene rings is 1. The summed E-state index contributed by atoms with van der Waals surface area (Å²) in [5.41, 5.74) is 2.52. The zero-order valence-corrected chi connectivity index (χ0v) is 18.1. The van der Waals surface area contributed by atoms with E-state index in [1.807, 2.05) is 30.3 Å². The van der Waals surface area contributed by atoms with Crippen molar-refractivity contribution in [3.05, 3.63) is 58.0 Å². The van der Waals surface area contributed by atoms with Gasteiger partial charge in [-0.05, 0) is 61.5 Å². The summed E-state index contributed by atoms with van der Waals surface area (Å²) < 4.78 is 5.26. The highest BCUT2D eigenvalue weighted by atomic mass is 32.1. The van der Waals surface area contributed by atoms with Crippen LogP contribution in [0.3, 0.4) is 0 Å². The molecule has 1 aliphatic carbocycles. The number of hydrogen-bond acceptors (Lipinski definition) is 5. The van der Waals surface area contributed by atoms with Gasteiger partial charge in [-0.15, -0.1) is 11.3 Å². The number of fused-ring (bicyclic) bond motifs is 1. The van der Waals surface area contributed by atoms with Gasteiger partial charge in [0.15, 0.2) is 5.11 Å². The van der Waals surface area contributed by atoms with Crippen molar-refractivity contribution in [2.75, 3.05) is 11.9 Å². The number of hydrogen-bond donors (Lipinski definition) is 2. The SMILES string of the molecule is CCOC(=O)c1c(NC(=S)NC(=O)/C=C/c2ccccc2)sc2c1CC[C@@H](C)C2. The van der Waals surface area contributed by atoms with E-state index in [4.69, 9.17) is 17.0 Å². The van der Waals surface area contributed by atoms with Gasteiger partial charge >= 0.3 is 5.97 Å². The molecule has 7 heteroatoms. The summed E-state index contributed by atoms with van der Waals surface area (Å²) in [4.78, 5) is 25.9. The van der Waals surface area contributed by atoms with E-state index in [0.29, 0.717) is 23.1 Å². The van der Waals surface area contributed by atoms with Gasteiger partial charge in [0.25, 0.3) is 0 Å². The zero-order chi connectivity index (χ0) is 20.8. The molecule has 0 saturated heterocycles. The molecule has 2 N–H and O–H groups in total. The lowest BCUT2D eigenvalue weighted by molar-refractivity contribution is -0.115. The summed E-state index contributed by atoms with van der Waals surface area (Å²) in [6.45, 7) is 4.31. The summed E-state index contributed by atoms with van der Waals surface area (Å²) >= 11 is 6.81. The molecule has 0 fully saturated rings. The van der Waals surface area contributed by atoms with E-state index >= 15 is 0 Å². The average Bonchev–Trinajstić information content (AvgIpc) is 3.04. The Morgan fingerprint density at radius 3 is 2.79 bits per heavy atom. The van der Waals surface area contributed by atoms with Crippen molar-refractivity contribution in [2.24, 2.45) is 5.92 Å². The molecule has 0 unspecified atom stereocenters. The first kappa shape index (κ1) is 21.2. The van der Waals surface area contributed by atoms with E-state index in [0.717, 1.165) is 30.4 Å². The Bertz CT molecular complexity index is 935. The number of esters is 1. The van der Waals surface area contributed by atoms with E-state index in [9.17, 15) is 9.59 Å². The molecular formula is C22H24N2O3S2. The maximum Gasteiger partial charge on any atom is 0.341 e. The molecule has 1 aromatic heterocycles. The van der Waals surface area contributed by atoms with Crippen LogP contribution in [0.15, 0.2) is 36.4 Å². The molecule has 1 aliphatic rings. The van der Waals surface area contributed by atoms with Gasteiger partial charge in [-0.3, -0.25) is 10.1 Å². The van der Waals surface area contributed by atoms with Gasteiger partial charge in [-0.1, -0.05) is 37.3 Å². The van der Waals surface area contributed by atoms with Crippen LogP contribution in [0.4, 0.5) is 5.00 Å². The molecular weight excluding hydrogens is 404 g/mol. The van der Waals surface area contributed by atoms with Gasteiger partial charge in [0.05, 0.1) is 12.2 Å². The molecule has 5 nitrogen and oxygen atoms in total. The molecule has 2 aromatic rings. The van der Waals surface area contributed by atoms with E-state index in [1.54, 1.807) is 13.0 Å². The van der Waals surface area contributed by atoms with Crippen molar-refractivity contribution in [3.8, 4) is 0 Å². The molecule has 3 rings (SSSR count). The highest BCUT2D eigenvalue weighted by Gasteiger charge is 2.28. The second-order valence-corrected chi connectivity index (χ2v) is 8.48. The van der Waals surface area contributed by atoms with E-state index in [-0.39, 0.29) is 17.0 Å². The Labute approximate surface area is 180 Å². The number of ether oxygens (including phenoxy) is 1. The van der Waals surface area contributed by atoms with Gasteiger partial charge in [-0.25, -0.2) is 4.79 Å². The lowest BCUT2D eigenvalue weighted by Crippen LogP contribution is -2.33. The molecule has 0 bridgehead atoms. The zero-order valence-electron chi connectivity index (χ0n) is 16.5. The third-order valence-corrected chi connectivity index (χ3v) is 6.06. The Balaban J connectivity index is 1.71. The predicted molar refractivity (Wildman–Crippen MR) is 121 cm³/mol. The maximum atomic E-state index is 12.5. The lowest BCUT2D eigenvalue weighted by atomic mass is 9.88. The highest BCUT2D eigenvalue weighted by molar-refractivity contribution is 7.80. The number of amides is 1. The van der Waals surface area contributed by atoms with Crippen LogP contribution in [0.5, 0.6) is 0 Å². The van der Waals surface area contributed by atoms with E-state index in [2.05, 4.69) is 17.6 Å². The number of nitrogens with one attached hydrogen (secondary N) is 2. The highest BCUT2D eigenvalue weighted by Crippen LogP contribution is 2.40. The van der Waals surface area contributed by atoms with Crippen molar-refractivity contribution in [1.29, 1.82) is 0 Å². The topological polar surface area (TPSA) is 67.4 Å². The fraction of sp³-hybridized carbons (Fsp3) is 0.318. The first-order valence-electron chi connectivity index (χ1n) is 9.64. The standard InChI is InChI=1S/C22H24N2O3S2/c1-3-27-21(26)19-16-11-9-14(2)13-17(16)29-20(19)24-22(28)23-18(25)12-10-15-7-5-4-6-8-15/h4-8,10,12,14H,3,9,11,13H2,1-2H3,(H2,23,24,25,28)/b12-10+/t14-/m1/s1. The second-order valence-electron chi connectivity index (χ2n) is 6.96. The monoisotopic (exact) mass is 428 g/mol. The van der Waals surface area contributed by atoms with Gasteiger partial charge in [-0.2, -0.15) is 0 Å². The number of carbonyl (C=O) groups excluding carboxylic acids is 2. The number of anilines is 1. The fourth-order valence-electron chi connectivity index (χ4n) is 3.28. The fourth-order valence-corrected chi connectivity index (χ4v) is 4.95. The first-order chi connectivity index (χ1) is 14.0. The van der Waals surface area contributed by atoms with Crippen LogP contribution in [0.1, 0.15) is 46.6 Å². The predicted octanol–water partition coefficient (Wildman–Crippen LogP) is 4.58. The molecule has 152 valence electrons. The molecule has 1 aromatic carbocycles. The summed E-state index contributed by atoms with van der Waals surface area (Å²) in [7, 11) is 0. The average molecular weight is 429 g/mol. The molecule has 29 heavy (non-hydrogen) atoms. The molecule has 0 radical (unpaired) electrons. The van der Waals surface area contributed by atoms with E-state index in [1.165, 1.54) is 22.3 Å². The third kappa shape index (κ3) is 5.52. The smallest absolute Gasteiger partial charge is 0.341 e. The van der Waals surface area contributed by atoms with Gasteiger partial charge < -0.3 is 10.1 Å². The summed E-state index contributed by atoms with van der Waals surface area (Å²) in [6.07, 6.45) is 5.97. The van der Waals surface area contributed by atoms with Crippen molar-refractivity contribution >= 4 is 51.6 Å². The molecule has 1 heterocycles. The summed E-state index contributed by atoms with van der Waals surface area (Å²) in [5, 5.41) is 6.47. The van der Waals surface area contributed by atoms with Crippen LogP contribution in [0, 0.1) is 5.92 Å². The van der Waals surface area contributed by atoms with Crippen LogP contribution >= 0.6 is 23.6 Å². The Morgan fingerprint density at radius 2 is 2.07 bits per heavy atom. The molecule has 1 amide bonds. The summed E-state index contributed by atoms with van der Waals surface area (Å²) in [6, 6.07) is 9.53. The quantitative estimate of drug-likeness (QED) is 0.415. The van der Waals surface area contributed by atoms with Crippen LogP contribution in [0.25, 0.3) is 6.08 Å². The van der Waals surface area contributed by atoms with Crippen LogP contribution in [0.2, 0.25) is 0 Å². The minimum Gasteiger partial charge on any atom is -0.462 e. The molecule has 1 atom stereocenters. The largest absolute Gasteiger partial charge is 0.462 e. The van der Waals surface area contributed by atoms with Crippen LogP contribution in [-0.4, -0.2) is 23.6 Å². The van der Waals surface area contributed by atoms with Crippen molar-refractivity contribution in [3.63, 3.8) is 0 Å². The maximum absolute atomic E-state index is 12.5. The van der Waals surface area contributed by atoms with Crippen molar-refractivity contribution < 1.29 is 14.3 Å². The first-order valence-corrected chi connectivity index (χ1v) is 10.9. The summed E-state index contributed by atoms with van der Waals surface area (Å²) in [5.74, 6) is -0.0991. The minimum absolute atomic E-state index is 0.157. The van der Waals surface area contributed by atoms with Crippen molar-refractivity contribution in [2.45, 2.75) is 33.1 Å². The minimum atomic E-state index is -0.347.